The molecule has 1 unspecified atom stereocenters. The van der Waals surface area contributed by atoms with E-state index in [1.807, 2.05) is 12.1 Å². The number of alkyl halides is 3. The van der Waals surface area contributed by atoms with Gasteiger partial charge in [-0.25, -0.2) is 0 Å². The SMILES string of the molecule is O=C(NC1(c2ccc(C(F)(F)F)cc2)CCOc2cccnc21)c1ccc2cc[nH]c2c1. The predicted octanol–water partition coefficient (Wildman–Crippen LogP) is 5.04. The number of pyridine rings is 1. The van der Waals surface area contributed by atoms with Gasteiger partial charge in [-0.3, -0.25) is 9.78 Å². The number of hydrogen-bond donors (Lipinski definition) is 2. The summed E-state index contributed by atoms with van der Waals surface area (Å²) in [6, 6.07) is 15.5. The third kappa shape index (κ3) is 3.37. The molecule has 5 nitrogen and oxygen atoms in total. The molecule has 0 saturated heterocycles. The molecule has 1 aliphatic heterocycles. The van der Waals surface area contributed by atoms with Gasteiger partial charge >= 0.3 is 6.18 Å². The molecule has 1 atom stereocenters. The number of amides is 1. The molecule has 0 radical (unpaired) electrons. The van der Waals surface area contributed by atoms with Crippen LogP contribution in [0, 0.1) is 0 Å². The Labute approximate surface area is 181 Å². The van der Waals surface area contributed by atoms with E-state index in [1.165, 1.54) is 12.1 Å². The number of carbonyl (C=O) groups excluding carboxylic acids is 1. The molecule has 2 aromatic heterocycles. The molecular formula is C24H18F3N3O2. The normalized spacial score (nSPS) is 18.1. The van der Waals surface area contributed by atoms with Crippen molar-refractivity contribution in [1.82, 2.24) is 15.3 Å². The summed E-state index contributed by atoms with van der Waals surface area (Å²) in [5.74, 6) is 0.124. The second-order valence-electron chi connectivity index (χ2n) is 7.66. The number of carbonyl (C=O) groups is 1. The minimum Gasteiger partial charge on any atom is -0.491 e. The van der Waals surface area contributed by atoms with Gasteiger partial charge < -0.3 is 15.0 Å². The average molecular weight is 437 g/mol. The van der Waals surface area contributed by atoms with Gasteiger partial charge in [-0.15, -0.1) is 0 Å². The molecule has 162 valence electrons. The van der Waals surface area contributed by atoms with Crippen LogP contribution in [0.2, 0.25) is 0 Å². The molecule has 2 N–H and O–H groups in total. The van der Waals surface area contributed by atoms with Crippen LogP contribution in [0.4, 0.5) is 13.2 Å². The van der Waals surface area contributed by atoms with Crippen molar-refractivity contribution < 1.29 is 22.7 Å². The lowest BCUT2D eigenvalue weighted by Crippen LogP contribution is -2.50. The largest absolute Gasteiger partial charge is 0.491 e. The van der Waals surface area contributed by atoms with E-state index in [0.29, 0.717) is 29.0 Å². The van der Waals surface area contributed by atoms with Gasteiger partial charge in [-0.2, -0.15) is 13.2 Å². The Bertz CT molecular complexity index is 1300. The topological polar surface area (TPSA) is 67.0 Å². The third-order valence-electron chi connectivity index (χ3n) is 5.76. The maximum absolute atomic E-state index is 13.3. The third-order valence-corrected chi connectivity index (χ3v) is 5.76. The number of nitrogens with one attached hydrogen (secondary N) is 2. The molecule has 1 amide bonds. The molecule has 8 heteroatoms. The van der Waals surface area contributed by atoms with Gasteiger partial charge in [0.05, 0.1) is 12.2 Å². The first kappa shape index (κ1) is 20.1. The molecule has 32 heavy (non-hydrogen) atoms. The number of fused-ring (bicyclic) bond motifs is 2. The molecule has 0 bridgehead atoms. The minimum atomic E-state index is -4.45. The van der Waals surface area contributed by atoms with Crippen molar-refractivity contribution in [1.29, 1.82) is 0 Å². The standard InChI is InChI=1S/C24H18F3N3O2/c25-24(26,27)18-7-5-17(6-8-18)23(10-13-32-20-2-1-11-29-21(20)23)30-22(31)16-4-3-15-9-12-28-19(15)14-16/h1-9,11-12,14,28H,10,13H2,(H,30,31). The molecule has 2 aromatic carbocycles. The van der Waals surface area contributed by atoms with E-state index in [4.69, 9.17) is 4.74 Å². The van der Waals surface area contributed by atoms with Gasteiger partial charge in [0, 0.05) is 29.9 Å². The number of rotatable bonds is 3. The van der Waals surface area contributed by atoms with Crippen LogP contribution in [0.15, 0.2) is 73.1 Å². The van der Waals surface area contributed by atoms with Gasteiger partial charge in [0.2, 0.25) is 0 Å². The quantitative estimate of drug-likeness (QED) is 0.472. The van der Waals surface area contributed by atoms with Crippen LogP contribution in [0.3, 0.4) is 0 Å². The van der Waals surface area contributed by atoms with Crippen LogP contribution in [-0.4, -0.2) is 22.5 Å². The summed E-state index contributed by atoms with van der Waals surface area (Å²) in [5.41, 5.74) is 0.305. The Hall–Kier alpha value is -3.81. The number of aromatic amines is 1. The zero-order valence-corrected chi connectivity index (χ0v) is 16.7. The summed E-state index contributed by atoms with van der Waals surface area (Å²) >= 11 is 0. The second-order valence-corrected chi connectivity index (χ2v) is 7.66. The van der Waals surface area contributed by atoms with Crippen LogP contribution < -0.4 is 10.1 Å². The molecule has 1 aliphatic rings. The van der Waals surface area contributed by atoms with Crippen LogP contribution >= 0.6 is 0 Å². The Morgan fingerprint density at radius 1 is 1.09 bits per heavy atom. The van der Waals surface area contributed by atoms with Crippen molar-refractivity contribution in [2.24, 2.45) is 0 Å². The lowest BCUT2D eigenvalue weighted by molar-refractivity contribution is -0.137. The van der Waals surface area contributed by atoms with Crippen LogP contribution in [0.25, 0.3) is 10.9 Å². The Morgan fingerprint density at radius 2 is 1.91 bits per heavy atom. The van der Waals surface area contributed by atoms with E-state index >= 15 is 0 Å². The average Bonchev–Trinajstić information content (AvgIpc) is 3.27. The summed E-state index contributed by atoms with van der Waals surface area (Å²) in [6.45, 7) is 0.273. The molecule has 3 heterocycles. The summed E-state index contributed by atoms with van der Waals surface area (Å²) in [7, 11) is 0. The second kappa shape index (κ2) is 7.40. The number of benzene rings is 2. The van der Waals surface area contributed by atoms with Crippen LogP contribution in [0.1, 0.15) is 33.6 Å². The van der Waals surface area contributed by atoms with Crippen molar-refractivity contribution in [2.75, 3.05) is 6.61 Å². The van der Waals surface area contributed by atoms with Gasteiger partial charge in [0.15, 0.2) is 0 Å². The molecule has 5 rings (SSSR count). The van der Waals surface area contributed by atoms with Crippen molar-refractivity contribution in [2.45, 2.75) is 18.1 Å². The molecular weight excluding hydrogens is 419 g/mol. The van der Waals surface area contributed by atoms with E-state index < -0.39 is 17.3 Å². The van der Waals surface area contributed by atoms with E-state index in [2.05, 4.69) is 15.3 Å². The van der Waals surface area contributed by atoms with Crippen LogP contribution in [0.5, 0.6) is 5.75 Å². The lowest BCUT2D eigenvalue weighted by Gasteiger charge is -2.39. The molecule has 0 aliphatic carbocycles. The fourth-order valence-corrected chi connectivity index (χ4v) is 4.13. The predicted molar refractivity (Wildman–Crippen MR) is 112 cm³/mol. The summed E-state index contributed by atoms with van der Waals surface area (Å²) in [4.78, 5) is 20.8. The van der Waals surface area contributed by atoms with Crippen molar-refractivity contribution in [3.63, 3.8) is 0 Å². The highest BCUT2D eigenvalue weighted by molar-refractivity contribution is 5.98. The molecule has 0 fully saturated rings. The van der Waals surface area contributed by atoms with E-state index in [1.54, 1.807) is 36.7 Å². The molecule has 0 saturated carbocycles. The summed E-state index contributed by atoms with van der Waals surface area (Å²) in [5, 5.41) is 4.03. The Balaban J connectivity index is 1.60. The Morgan fingerprint density at radius 3 is 2.69 bits per heavy atom. The van der Waals surface area contributed by atoms with E-state index in [0.717, 1.165) is 23.0 Å². The molecule has 4 aromatic rings. The van der Waals surface area contributed by atoms with Gasteiger partial charge in [-0.05, 0) is 53.4 Å². The number of aromatic nitrogens is 2. The van der Waals surface area contributed by atoms with Gasteiger partial charge in [-0.1, -0.05) is 18.2 Å². The molecule has 0 spiro atoms. The first-order valence-corrected chi connectivity index (χ1v) is 10.0. The monoisotopic (exact) mass is 437 g/mol. The Kier molecular flexibility index (Phi) is 4.65. The maximum Gasteiger partial charge on any atom is 0.416 e. The van der Waals surface area contributed by atoms with Crippen molar-refractivity contribution in [3.8, 4) is 5.75 Å². The van der Waals surface area contributed by atoms with Crippen molar-refractivity contribution in [3.05, 3.63) is 95.4 Å². The first-order chi connectivity index (χ1) is 15.4. The maximum atomic E-state index is 13.3. The fourth-order valence-electron chi connectivity index (χ4n) is 4.13. The number of H-pyrrole nitrogens is 1. The smallest absolute Gasteiger partial charge is 0.416 e. The minimum absolute atomic E-state index is 0.273. The van der Waals surface area contributed by atoms with Crippen molar-refractivity contribution >= 4 is 16.8 Å². The van der Waals surface area contributed by atoms with E-state index in [9.17, 15) is 18.0 Å². The first-order valence-electron chi connectivity index (χ1n) is 10.0. The zero-order valence-electron chi connectivity index (χ0n) is 16.7. The highest BCUT2D eigenvalue weighted by Crippen LogP contribution is 2.41. The van der Waals surface area contributed by atoms with Crippen LogP contribution in [-0.2, 0) is 11.7 Å². The fraction of sp³-hybridized carbons (Fsp3) is 0.167. The summed E-state index contributed by atoms with van der Waals surface area (Å²) < 4.78 is 45.1. The lowest BCUT2D eigenvalue weighted by atomic mass is 9.80. The number of nitrogens with zero attached hydrogens (tertiary/aromatic N) is 1. The number of ether oxygens (including phenoxy) is 1. The number of halogens is 3. The number of hydrogen-bond acceptors (Lipinski definition) is 3. The highest BCUT2D eigenvalue weighted by atomic mass is 19.4. The van der Waals surface area contributed by atoms with Gasteiger partial charge in [0.25, 0.3) is 5.91 Å². The zero-order chi connectivity index (χ0) is 22.3. The highest BCUT2D eigenvalue weighted by Gasteiger charge is 2.43. The van der Waals surface area contributed by atoms with Gasteiger partial charge in [0.1, 0.15) is 17.0 Å². The summed E-state index contributed by atoms with van der Waals surface area (Å²) in [6.07, 6.45) is -0.775. The van der Waals surface area contributed by atoms with E-state index in [-0.39, 0.29) is 12.5 Å².